The first-order chi connectivity index (χ1) is 12.0. The molecule has 0 bridgehead atoms. The lowest BCUT2D eigenvalue weighted by molar-refractivity contribution is 0.195. The summed E-state index contributed by atoms with van der Waals surface area (Å²) in [6, 6.07) is 8.85. The van der Waals surface area contributed by atoms with Gasteiger partial charge in [0, 0.05) is 31.3 Å². The fourth-order valence-corrected chi connectivity index (χ4v) is 2.12. The van der Waals surface area contributed by atoms with Crippen molar-refractivity contribution in [3.05, 3.63) is 66.8 Å². The lowest BCUT2D eigenvalue weighted by atomic mass is 10.2. The number of anilines is 1. The third-order valence-electron chi connectivity index (χ3n) is 3.20. The van der Waals surface area contributed by atoms with Gasteiger partial charge in [-0.3, -0.25) is 0 Å². The van der Waals surface area contributed by atoms with Gasteiger partial charge in [0.1, 0.15) is 17.4 Å². The summed E-state index contributed by atoms with van der Waals surface area (Å²) in [4.78, 5) is 13.6. The second-order valence-electron chi connectivity index (χ2n) is 5.09. The molecular weight excluding hydrogens is 330 g/mol. The standard InChI is InChI=1S/C18H18F2N2O3/c1-2-7-22(8-9-23)18(24)21-16-5-3-4-6-17(16)25-15-11-13(19)10-14(20)12-15/h2-6,10-12,23H,1,7-9H2,(H,21,24). The van der Waals surface area contributed by atoms with Gasteiger partial charge >= 0.3 is 6.03 Å². The number of aliphatic hydroxyl groups is 1. The smallest absolute Gasteiger partial charge is 0.322 e. The summed E-state index contributed by atoms with van der Waals surface area (Å²) in [6.45, 7) is 3.76. The van der Waals surface area contributed by atoms with Gasteiger partial charge in [0.15, 0.2) is 5.75 Å². The molecule has 0 radical (unpaired) electrons. The number of nitrogens with zero attached hydrogens (tertiary/aromatic N) is 1. The molecule has 2 aromatic carbocycles. The summed E-state index contributed by atoms with van der Waals surface area (Å²) in [6.07, 6.45) is 1.53. The van der Waals surface area contributed by atoms with Crippen LogP contribution in [0, 0.1) is 11.6 Å². The minimum absolute atomic E-state index is 0.0301. The molecule has 0 spiro atoms. The first-order valence-electron chi connectivity index (χ1n) is 7.54. The maximum Gasteiger partial charge on any atom is 0.322 e. The molecule has 0 atom stereocenters. The summed E-state index contributed by atoms with van der Waals surface area (Å²) in [5.41, 5.74) is 0.323. The van der Waals surface area contributed by atoms with E-state index in [1.54, 1.807) is 24.3 Å². The first kappa shape index (κ1) is 18.4. The Bertz CT molecular complexity index is 733. The number of rotatable bonds is 7. The molecule has 0 saturated carbocycles. The largest absolute Gasteiger partial charge is 0.455 e. The Balaban J connectivity index is 2.19. The predicted octanol–water partition coefficient (Wildman–Crippen LogP) is 3.77. The molecule has 132 valence electrons. The van der Waals surface area contributed by atoms with Crippen molar-refractivity contribution in [2.24, 2.45) is 0 Å². The van der Waals surface area contributed by atoms with E-state index in [1.165, 1.54) is 11.0 Å². The monoisotopic (exact) mass is 348 g/mol. The Hall–Kier alpha value is -2.93. The van der Waals surface area contributed by atoms with Crippen LogP contribution in [0.25, 0.3) is 0 Å². The number of amides is 2. The van der Waals surface area contributed by atoms with Gasteiger partial charge in [-0.05, 0) is 12.1 Å². The van der Waals surface area contributed by atoms with Crippen LogP contribution in [-0.4, -0.2) is 35.7 Å². The number of ether oxygens (including phenoxy) is 1. The summed E-state index contributed by atoms with van der Waals surface area (Å²) >= 11 is 0. The van der Waals surface area contributed by atoms with Crippen LogP contribution < -0.4 is 10.1 Å². The number of urea groups is 1. The van der Waals surface area contributed by atoms with Crippen molar-refractivity contribution in [3.63, 3.8) is 0 Å². The molecule has 0 aromatic heterocycles. The highest BCUT2D eigenvalue weighted by molar-refractivity contribution is 5.91. The molecule has 25 heavy (non-hydrogen) atoms. The molecule has 0 aliphatic rings. The Labute approximate surface area is 144 Å². The van der Waals surface area contributed by atoms with Gasteiger partial charge in [0.2, 0.25) is 0 Å². The molecule has 0 aliphatic heterocycles. The van der Waals surface area contributed by atoms with E-state index in [-0.39, 0.29) is 31.2 Å². The van der Waals surface area contributed by atoms with Crippen molar-refractivity contribution >= 4 is 11.7 Å². The number of benzene rings is 2. The summed E-state index contributed by atoms with van der Waals surface area (Å²) in [7, 11) is 0. The van der Waals surface area contributed by atoms with Gasteiger partial charge in [-0.1, -0.05) is 18.2 Å². The fourth-order valence-electron chi connectivity index (χ4n) is 2.12. The normalized spacial score (nSPS) is 10.2. The van der Waals surface area contributed by atoms with Gasteiger partial charge < -0.3 is 20.1 Å². The lowest BCUT2D eigenvalue weighted by Crippen LogP contribution is -2.37. The van der Waals surface area contributed by atoms with Crippen LogP contribution in [-0.2, 0) is 0 Å². The molecule has 0 aliphatic carbocycles. The number of aliphatic hydroxyl groups excluding tert-OH is 1. The topological polar surface area (TPSA) is 61.8 Å². The highest BCUT2D eigenvalue weighted by Crippen LogP contribution is 2.30. The molecule has 2 aromatic rings. The Morgan fingerprint density at radius 1 is 1.24 bits per heavy atom. The molecule has 5 nitrogen and oxygen atoms in total. The van der Waals surface area contributed by atoms with Crippen LogP contribution >= 0.6 is 0 Å². The quantitative estimate of drug-likeness (QED) is 0.749. The van der Waals surface area contributed by atoms with Crippen molar-refractivity contribution < 1.29 is 23.4 Å². The van der Waals surface area contributed by atoms with E-state index < -0.39 is 17.7 Å². The summed E-state index contributed by atoms with van der Waals surface area (Å²) < 4.78 is 32.1. The van der Waals surface area contributed by atoms with Gasteiger partial charge in [-0.2, -0.15) is 0 Å². The molecule has 0 saturated heterocycles. The lowest BCUT2D eigenvalue weighted by Gasteiger charge is -2.21. The van der Waals surface area contributed by atoms with Gasteiger partial charge in [-0.15, -0.1) is 6.58 Å². The van der Waals surface area contributed by atoms with E-state index in [9.17, 15) is 13.6 Å². The fraction of sp³-hybridized carbons (Fsp3) is 0.167. The minimum Gasteiger partial charge on any atom is -0.455 e. The molecule has 7 heteroatoms. The number of carbonyl (C=O) groups is 1. The Morgan fingerprint density at radius 2 is 1.92 bits per heavy atom. The average Bonchev–Trinajstić information content (AvgIpc) is 2.55. The van der Waals surface area contributed by atoms with Crippen molar-refractivity contribution in [3.8, 4) is 11.5 Å². The number of hydrogen-bond donors (Lipinski definition) is 2. The molecule has 2 rings (SSSR count). The second-order valence-corrected chi connectivity index (χ2v) is 5.09. The van der Waals surface area contributed by atoms with Crippen molar-refractivity contribution in [2.75, 3.05) is 25.0 Å². The third-order valence-corrected chi connectivity index (χ3v) is 3.20. The number of nitrogens with one attached hydrogen (secondary N) is 1. The van der Waals surface area contributed by atoms with Crippen LogP contribution in [0.5, 0.6) is 11.5 Å². The maximum atomic E-state index is 13.3. The van der Waals surface area contributed by atoms with Gasteiger partial charge in [0.05, 0.1) is 12.3 Å². The number of hydrogen-bond acceptors (Lipinski definition) is 3. The molecule has 0 heterocycles. The van der Waals surface area contributed by atoms with E-state index in [2.05, 4.69) is 11.9 Å². The van der Waals surface area contributed by atoms with Crippen molar-refractivity contribution in [1.82, 2.24) is 4.90 Å². The Kier molecular flexibility index (Phi) is 6.47. The summed E-state index contributed by atoms with van der Waals surface area (Å²) in [5.74, 6) is -1.34. The van der Waals surface area contributed by atoms with Gasteiger partial charge in [0.25, 0.3) is 0 Å². The van der Waals surface area contributed by atoms with Gasteiger partial charge in [-0.25, -0.2) is 13.6 Å². The van der Waals surface area contributed by atoms with E-state index in [1.807, 2.05) is 0 Å². The van der Waals surface area contributed by atoms with E-state index in [0.717, 1.165) is 18.2 Å². The third kappa shape index (κ3) is 5.29. The predicted molar refractivity (Wildman–Crippen MR) is 90.7 cm³/mol. The average molecular weight is 348 g/mol. The van der Waals surface area contributed by atoms with E-state index in [0.29, 0.717) is 5.69 Å². The maximum absolute atomic E-state index is 13.3. The Morgan fingerprint density at radius 3 is 2.56 bits per heavy atom. The van der Waals surface area contributed by atoms with E-state index in [4.69, 9.17) is 9.84 Å². The van der Waals surface area contributed by atoms with Crippen LogP contribution in [0.15, 0.2) is 55.1 Å². The minimum atomic E-state index is -0.767. The summed E-state index contributed by atoms with van der Waals surface area (Å²) in [5, 5.41) is 11.7. The molecule has 2 N–H and O–H groups in total. The van der Waals surface area contributed by atoms with Crippen molar-refractivity contribution in [1.29, 1.82) is 0 Å². The number of halogens is 2. The van der Waals surface area contributed by atoms with Crippen molar-refractivity contribution in [2.45, 2.75) is 0 Å². The van der Waals surface area contributed by atoms with Crippen LogP contribution in [0.3, 0.4) is 0 Å². The van der Waals surface area contributed by atoms with Crippen LogP contribution in [0.2, 0.25) is 0 Å². The van der Waals surface area contributed by atoms with E-state index >= 15 is 0 Å². The second kappa shape index (κ2) is 8.79. The number of carbonyl (C=O) groups excluding carboxylic acids is 1. The first-order valence-corrected chi connectivity index (χ1v) is 7.54. The highest BCUT2D eigenvalue weighted by Gasteiger charge is 2.14. The molecular formula is C18H18F2N2O3. The highest BCUT2D eigenvalue weighted by atomic mass is 19.1. The number of para-hydroxylation sites is 2. The molecule has 2 amide bonds. The SMILES string of the molecule is C=CCN(CCO)C(=O)Nc1ccccc1Oc1cc(F)cc(F)c1. The zero-order valence-electron chi connectivity index (χ0n) is 13.4. The zero-order chi connectivity index (χ0) is 18.2. The zero-order valence-corrected chi connectivity index (χ0v) is 13.4. The molecule has 0 fully saturated rings. The molecule has 0 unspecified atom stereocenters. The van der Waals surface area contributed by atoms with Crippen LogP contribution in [0.4, 0.5) is 19.3 Å². The van der Waals surface area contributed by atoms with Crippen LogP contribution in [0.1, 0.15) is 0 Å².